The fourth-order valence-corrected chi connectivity index (χ4v) is 3.92. The van der Waals surface area contributed by atoms with Gasteiger partial charge in [-0.2, -0.15) is 0 Å². The van der Waals surface area contributed by atoms with Gasteiger partial charge in [-0.3, -0.25) is 0 Å². The van der Waals surface area contributed by atoms with Crippen LogP contribution in [0.4, 0.5) is 0 Å². The molecule has 1 aliphatic rings. The Morgan fingerprint density at radius 1 is 1.10 bits per heavy atom. The molecule has 2 nitrogen and oxygen atoms in total. The molecule has 0 heterocycles. The first-order valence-corrected chi connectivity index (χ1v) is 10.7. The van der Waals surface area contributed by atoms with Crippen LogP contribution < -0.4 is 0 Å². The van der Waals surface area contributed by atoms with Crippen molar-refractivity contribution in [2.75, 3.05) is 6.61 Å². The van der Waals surface area contributed by atoms with Crippen molar-refractivity contribution in [1.82, 2.24) is 0 Å². The van der Waals surface area contributed by atoms with Gasteiger partial charge < -0.3 is 4.74 Å². The van der Waals surface area contributed by atoms with Gasteiger partial charge in [-0.25, -0.2) is 4.79 Å². The largest absolute Gasteiger partial charge is 0.462 e. The summed E-state index contributed by atoms with van der Waals surface area (Å²) in [6.07, 6.45) is 7.65. The summed E-state index contributed by atoms with van der Waals surface area (Å²) >= 11 is 0. The van der Waals surface area contributed by atoms with E-state index in [1.807, 2.05) is 18.2 Å². The minimum atomic E-state index is -0.299. The number of benzene rings is 2. The molecule has 2 aromatic carbocycles. The van der Waals surface area contributed by atoms with E-state index in [0.29, 0.717) is 12.2 Å². The second-order valence-corrected chi connectivity index (χ2v) is 8.40. The summed E-state index contributed by atoms with van der Waals surface area (Å²) in [6, 6.07) is 16.1. The normalized spacial score (nSPS) is 15.6. The molecule has 0 saturated heterocycles. The molecule has 2 heteroatoms. The van der Waals surface area contributed by atoms with E-state index in [1.165, 1.54) is 35.1 Å². The van der Waals surface area contributed by atoms with Gasteiger partial charge in [0.15, 0.2) is 0 Å². The van der Waals surface area contributed by atoms with Gasteiger partial charge in [0, 0.05) is 5.56 Å². The lowest BCUT2D eigenvalue weighted by atomic mass is 9.71. The third-order valence-corrected chi connectivity index (χ3v) is 5.63. The first-order valence-electron chi connectivity index (χ1n) is 10.7. The Bertz CT molecular complexity index is 1010. The number of allylic oxidation sites excluding steroid dienone is 4. The van der Waals surface area contributed by atoms with Gasteiger partial charge in [0.25, 0.3) is 0 Å². The molecule has 30 heavy (non-hydrogen) atoms. The monoisotopic (exact) mass is 398 g/mol. The van der Waals surface area contributed by atoms with E-state index in [9.17, 15) is 4.79 Å². The van der Waals surface area contributed by atoms with E-state index < -0.39 is 0 Å². The molecule has 0 radical (unpaired) electrons. The third-order valence-electron chi connectivity index (χ3n) is 5.63. The molecular weight excluding hydrogens is 368 g/mol. The first-order chi connectivity index (χ1) is 14.4. The quantitative estimate of drug-likeness (QED) is 0.421. The Labute approximate surface area is 180 Å². The van der Waals surface area contributed by atoms with Crippen molar-refractivity contribution in [1.29, 1.82) is 0 Å². The summed E-state index contributed by atoms with van der Waals surface area (Å²) in [5.74, 6) is 6.02. The number of carbonyl (C=O) groups is 1. The lowest BCUT2D eigenvalue weighted by Gasteiger charge is -2.34. The maximum atomic E-state index is 11.7. The Hall–Kier alpha value is -3.05. The summed E-state index contributed by atoms with van der Waals surface area (Å²) in [5, 5.41) is 0. The number of rotatable bonds is 4. The predicted molar refractivity (Wildman–Crippen MR) is 124 cm³/mol. The highest BCUT2D eigenvalue weighted by Crippen LogP contribution is 2.44. The molecule has 0 atom stereocenters. The second-order valence-electron chi connectivity index (χ2n) is 8.40. The average molecular weight is 399 g/mol. The van der Waals surface area contributed by atoms with Crippen molar-refractivity contribution in [2.24, 2.45) is 5.41 Å². The standard InChI is InChI=1S/C28H30O2/c1-5-30-27(29)24-18-14-22(15-19-24)9-6-7-11-26-25(10-8-20-28(26,3)4)23-16-12-21(2)13-17-23/h7,11-19H,5,8,10,20H2,1-4H3. The van der Waals surface area contributed by atoms with Gasteiger partial charge in [-0.05, 0) is 91.7 Å². The fourth-order valence-electron chi connectivity index (χ4n) is 3.92. The molecule has 0 N–H and O–H groups in total. The van der Waals surface area contributed by atoms with Crippen LogP contribution in [0.1, 0.15) is 67.1 Å². The second kappa shape index (κ2) is 9.63. The van der Waals surface area contributed by atoms with Crippen LogP contribution >= 0.6 is 0 Å². The molecule has 154 valence electrons. The zero-order valence-electron chi connectivity index (χ0n) is 18.4. The van der Waals surface area contributed by atoms with Crippen LogP contribution in [-0.2, 0) is 4.74 Å². The molecule has 0 aromatic heterocycles. The smallest absolute Gasteiger partial charge is 0.338 e. The van der Waals surface area contributed by atoms with Gasteiger partial charge in [-0.1, -0.05) is 55.5 Å². The molecule has 0 saturated carbocycles. The molecule has 0 bridgehead atoms. The van der Waals surface area contributed by atoms with Crippen LogP contribution in [0.25, 0.3) is 5.57 Å². The average Bonchev–Trinajstić information content (AvgIpc) is 2.73. The summed E-state index contributed by atoms with van der Waals surface area (Å²) in [6.45, 7) is 8.95. The highest BCUT2D eigenvalue weighted by Gasteiger charge is 2.28. The van der Waals surface area contributed by atoms with E-state index in [4.69, 9.17) is 4.74 Å². The van der Waals surface area contributed by atoms with Gasteiger partial charge in [0.05, 0.1) is 12.2 Å². The number of carbonyl (C=O) groups excluding carboxylic acids is 1. The molecular formula is C28H30O2. The lowest BCUT2D eigenvalue weighted by molar-refractivity contribution is 0.0526. The van der Waals surface area contributed by atoms with E-state index in [-0.39, 0.29) is 11.4 Å². The number of hydrogen-bond acceptors (Lipinski definition) is 2. The zero-order valence-corrected chi connectivity index (χ0v) is 18.4. The molecule has 0 fully saturated rings. The number of aryl methyl sites for hydroxylation is 1. The zero-order chi connectivity index (χ0) is 21.6. The molecule has 0 amide bonds. The van der Waals surface area contributed by atoms with Crippen molar-refractivity contribution in [2.45, 2.75) is 47.0 Å². The van der Waals surface area contributed by atoms with E-state index >= 15 is 0 Å². The van der Waals surface area contributed by atoms with Crippen molar-refractivity contribution >= 4 is 11.5 Å². The Morgan fingerprint density at radius 2 is 1.80 bits per heavy atom. The summed E-state index contributed by atoms with van der Waals surface area (Å²) in [7, 11) is 0. The van der Waals surface area contributed by atoms with Crippen LogP contribution in [-0.4, -0.2) is 12.6 Å². The molecule has 2 aromatic rings. The summed E-state index contributed by atoms with van der Waals surface area (Å²) in [4.78, 5) is 11.7. The minimum Gasteiger partial charge on any atom is -0.462 e. The minimum absolute atomic E-state index is 0.137. The lowest BCUT2D eigenvalue weighted by Crippen LogP contribution is -2.19. The van der Waals surface area contributed by atoms with Gasteiger partial charge in [0.2, 0.25) is 0 Å². The number of esters is 1. The van der Waals surface area contributed by atoms with Gasteiger partial charge in [0.1, 0.15) is 0 Å². The molecule has 0 unspecified atom stereocenters. The molecule has 3 rings (SSSR count). The van der Waals surface area contributed by atoms with Crippen LogP contribution in [0.5, 0.6) is 0 Å². The van der Waals surface area contributed by atoms with Crippen molar-refractivity contribution in [3.05, 3.63) is 88.5 Å². The van der Waals surface area contributed by atoms with E-state index in [0.717, 1.165) is 12.0 Å². The third kappa shape index (κ3) is 5.30. The highest BCUT2D eigenvalue weighted by molar-refractivity contribution is 5.89. The van der Waals surface area contributed by atoms with Crippen LogP contribution in [0, 0.1) is 24.2 Å². The predicted octanol–water partition coefficient (Wildman–Crippen LogP) is 6.74. The summed E-state index contributed by atoms with van der Waals surface area (Å²) in [5.41, 5.74) is 6.98. The van der Waals surface area contributed by atoms with Crippen molar-refractivity contribution in [3.8, 4) is 11.8 Å². The molecule has 0 aliphatic heterocycles. The van der Waals surface area contributed by atoms with E-state index in [2.05, 4.69) is 63.0 Å². The maximum absolute atomic E-state index is 11.7. The number of hydrogen-bond donors (Lipinski definition) is 0. The van der Waals surface area contributed by atoms with E-state index in [1.54, 1.807) is 19.1 Å². The van der Waals surface area contributed by atoms with Gasteiger partial charge in [-0.15, -0.1) is 0 Å². The van der Waals surface area contributed by atoms with Gasteiger partial charge >= 0.3 is 5.97 Å². The Morgan fingerprint density at radius 3 is 2.47 bits per heavy atom. The van der Waals surface area contributed by atoms with Crippen LogP contribution in [0.3, 0.4) is 0 Å². The molecule has 1 aliphatic carbocycles. The summed E-state index contributed by atoms with van der Waals surface area (Å²) < 4.78 is 5.01. The molecule has 0 spiro atoms. The highest BCUT2D eigenvalue weighted by atomic mass is 16.5. The fraction of sp³-hybridized carbons (Fsp3) is 0.321. The maximum Gasteiger partial charge on any atom is 0.338 e. The first kappa shape index (κ1) is 21.7. The Balaban J connectivity index is 1.82. The Kier molecular flexibility index (Phi) is 6.95. The van der Waals surface area contributed by atoms with Crippen molar-refractivity contribution in [3.63, 3.8) is 0 Å². The number of ether oxygens (including phenoxy) is 1. The SMILES string of the molecule is CCOC(=O)c1ccc(C#CC=CC2=C(c3ccc(C)cc3)CCCC2(C)C)cc1. The topological polar surface area (TPSA) is 26.3 Å². The van der Waals surface area contributed by atoms with Crippen LogP contribution in [0.2, 0.25) is 0 Å². The van der Waals surface area contributed by atoms with Crippen LogP contribution in [0.15, 0.2) is 66.3 Å². The van der Waals surface area contributed by atoms with Crippen molar-refractivity contribution < 1.29 is 9.53 Å².